The second kappa shape index (κ2) is 9.18. The van der Waals surface area contributed by atoms with Gasteiger partial charge in [-0.05, 0) is 37.5 Å². The number of thiophene rings is 1. The summed E-state index contributed by atoms with van der Waals surface area (Å²) in [6.45, 7) is 7.36. The second-order valence-corrected chi connectivity index (χ2v) is 11.5. The van der Waals surface area contributed by atoms with Gasteiger partial charge in [0, 0.05) is 50.7 Å². The van der Waals surface area contributed by atoms with E-state index in [9.17, 15) is 13.2 Å². The maximum absolute atomic E-state index is 12.7. The number of piperazine rings is 1. The fourth-order valence-electron chi connectivity index (χ4n) is 4.13. The Hall–Kier alpha value is -1.74. The van der Waals surface area contributed by atoms with Crippen molar-refractivity contribution in [3.8, 4) is 0 Å². The minimum absolute atomic E-state index is 0.0807. The molecule has 0 radical (unpaired) electrons. The number of aryl methyl sites for hydroxylation is 1. The molecule has 6 nitrogen and oxygen atoms in total. The summed E-state index contributed by atoms with van der Waals surface area (Å²) in [5, 5.41) is 0. The number of sulfonamides is 1. The molecule has 0 N–H and O–H groups in total. The molecule has 162 valence electrons. The monoisotopic (exact) mass is 447 g/mol. The summed E-state index contributed by atoms with van der Waals surface area (Å²) in [5.41, 5.74) is 2.57. The lowest BCUT2D eigenvalue weighted by atomic mass is 10.1. The summed E-state index contributed by atoms with van der Waals surface area (Å²) >= 11 is 1.24. The highest BCUT2D eigenvalue weighted by molar-refractivity contribution is 7.91. The van der Waals surface area contributed by atoms with E-state index in [2.05, 4.69) is 36.1 Å². The molecule has 0 saturated carbocycles. The number of rotatable bonds is 6. The van der Waals surface area contributed by atoms with Crippen LogP contribution in [-0.2, 0) is 27.8 Å². The Morgan fingerprint density at radius 2 is 1.73 bits per heavy atom. The Balaban J connectivity index is 1.29. The van der Waals surface area contributed by atoms with Crippen molar-refractivity contribution in [3.05, 3.63) is 52.4 Å². The number of hydrogen-bond acceptors (Lipinski definition) is 5. The van der Waals surface area contributed by atoms with Crippen molar-refractivity contribution in [1.29, 1.82) is 0 Å². The zero-order chi connectivity index (χ0) is 21.1. The van der Waals surface area contributed by atoms with Gasteiger partial charge in [-0.25, -0.2) is 8.42 Å². The maximum Gasteiger partial charge on any atom is 0.252 e. The third kappa shape index (κ3) is 4.94. The van der Waals surface area contributed by atoms with Gasteiger partial charge in [0.25, 0.3) is 10.0 Å². The van der Waals surface area contributed by atoms with Crippen LogP contribution in [0.25, 0.3) is 0 Å². The fraction of sp³-hybridized carbons (Fsp3) is 0.500. The van der Waals surface area contributed by atoms with Gasteiger partial charge in [0.2, 0.25) is 5.91 Å². The van der Waals surface area contributed by atoms with Gasteiger partial charge in [-0.2, -0.15) is 4.31 Å². The first-order valence-corrected chi connectivity index (χ1v) is 12.8. The third-order valence-electron chi connectivity index (χ3n) is 5.84. The lowest BCUT2D eigenvalue weighted by molar-refractivity contribution is -0.132. The summed E-state index contributed by atoms with van der Waals surface area (Å²) in [6.07, 6.45) is 2.12. The van der Waals surface area contributed by atoms with Crippen molar-refractivity contribution in [3.63, 3.8) is 0 Å². The van der Waals surface area contributed by atoms with Crippen LogP contribution in [0.2, 0.25) is 0 Å². The second-order valence-electron chi connectivity index (χ2n) is 8.15. The van der Waals surface area contributed by atoms with Gasteiger partial charge in [0.05, 0.1) is 6.42 Å². The topological polar surface area (TPSA) is 60.9 Å². The van der Waals surface area contributed by atoms with Gasteiger partial charge in [-0.15, -0.1) is 11.3 Å². The highest BCUT2D eigenvalue weighted by Crippen LogP contribution is 2.28. The molecule has 3 heterocycles. The van der Waals surface area contributed by atoms with Gasteiger partial charge < -0.3 is 4.90 Å². The minimum atomic E-state index is -3.40. The lowest BCUT2D eigenvalue weighted by Gasteiger charge is -2.34. The molecule has 0 spiro atoms. The summed E-state index contributed by atoms with van der Waals surface area (Å²) in [5.74, 6) is 0.0807. The van der Waals surface area contributed by atoms with Gasteiger partial charge in [0.15, 0.2) is 0 Å². The van der Waals surface area contributed by atoms with Crippen LogP contribution in [-0.4, -0.2) is 67.7 Å². The molecule has 1 amide bonds. The van der Waals surface area contributed by atoms with Crippen molar-refractivity contribution < 1.29 is 13.2 Å². The Labute approximate surface area is 183 Å². The molecule has 1 aromatic heterocycles. The molecule has 2 fully saturated rings. The largest absolute Gasteiger partial charge is 0.340 e. The van der Waals surface area contributed by atoms with Crippen molar-refractivity contribution in [2.75, 3.05) is 39.3 Å². The molecule has 0 atom stereocenters. The summed E-state index contributed by atoms with van der Waals surface area (Å²) in [7, 11) is -3.40. The van der Waals surface area contributed by atoms with E-state index >= 15 is 0 Å². The summed E-state index contributed by atoms with van der Waals surface area (Å²) in [6, 6.07) is 12.0. The van der Waals surface area contributed by atoms with Crippen LogP contribution in [0.15, 0.2) is 40.6 Å². The molecule has 2 aliphatic heterocycles. The van der Waals surface area contributed by atoms with E-state index in [0.29, 0.717) is 17.3 Å². The van der Waals surface area contributed by atoms with Gasteiger partial charge >= 0.3 is 0 Å². The normalized spacial score (nSPS) is 18.8. The molecular formula is C22H29N3O3S2. The zero-order valence-corrected chi connectivity index (χ0v) is 19.1. The first kappa shape index (κ1) is 21.5. The van der Waals surface area contributed by atoms with Gasteiger partial charge in [-0.3, -0.25) is 9.69 Å². The van der Waals surface area contributed by atoms with E-state index in [1.165, 1.54) is 22.5 Å². The zero-order valence-electron chi connectivity index (χ0n) is 17.4. The Morgan fingerprint density at radius 1 is 1.00 bits per heavy atom. The van der Waals surface area contributed by atoms with Gasteiger partial charge in [-0.1, -0.05) is 29.8 Å². The smallest absolute Gasteiger partial charge is 0.252 e. The molecular weight excluding hydrogens is 418 g/mol. The van der Waals surface area contributed by atoms with Crippen molar-refractivity contribution in [2.45, 2.75) is 36.9 Å². The van der Waals surface area contributed by atoms with Crippen LogP contribution < -0.4 is 0 Å². The summed E-state index contributed by atoms with van der Waals surface area (Å²) < 4.78 is 27.3. The quantitative estimate of drug-likeness (QED) is 0.683. The number of nitrogens with zero attached hydrogens (tertiary/aromatic N) is 3. The minimum Gasteiger partial charge on any atom is -0.340 e. The molecule has 0 unspecified atom stereocenters. The van der Waals surface area contributed by atoms with Crippen LogP contribution in [0, 0.1) is 6.92 Å². The van der Waals surface area contributed by atoms with E-state index in [0.717, 1.165) is 50.4 Å². The average molecular weight is 448 g/mol. The first-order valence-electron chi connectivity index (χ1n) is 10.6. The van der Waals surface area contributed by atoms with E-state index < -0.39 is 10.0 Å². The van der Waals surface area contributed by atoms with Crippen molar-refractivity contribution in [2.24, 2.45) is 0 Å². The van der Waals surface area contributed by atoms with E-state index in [1.54, 1.807) is 16.4 Å². The van der Waals surface area contributed by atoms with Crippen LogP contribution >= 0.6 is 11.3 Å². The van der Waals surface area contributed by atoms with Gasteiger partial charge in [0.1, 0.15) is 4.21 Å². The first-order chi connectivity index (χ1) is 14.4. The van der Waals surface area contributed by atoms with Crippen LogP contribution in [0.3, 0.4) is 0 Å². The molecule has 8 heteroatoms. The molecule has 2 aromatic rings. The highest BCUT2D eigenvalue weighted by atomic mass is 32.2. The van der Waals surface area contributed by atoms with Crippen molar-refractivity contribution in [1.82, 2.24) is 14.1 Å². The number of hydrogen-bond donors (Lipinski definition) is 0. The predicted molar refractivity (Wildman–Crippen MR) is 119 cm³/mol. The van der Waals surface area contributed by atoms with Crippen molar-refractivity contribution >= 4 is 27.3 Å². The Bertz CT molecular complexity index is 989. The molecule has 0 bridgehead atoms. The van der Waals surface area contributed by atoms with E-state index in [-0.39, 0.29) is 12.3 Å². The summed E-state index contributed by atoms with van der Waals surface area (Å²) in [4.78, 5) is 17.8. The third-order valence-corrected chi connectivity index (χ3v) is 9.29. The Morgan fingerprint density at radius 3 is 2.43 bits per heavy atom. The van der Waals surface area contributed by atoms with E-state index in [1.807, 2.05) is 4.90 Å². The molecule has 2 saturated heterocycles. The standard InChI is InChI=1S/C22H29N3O3S2/c1-18-5-4-6-19(15-18)17-23-11-13-24(14-12-23)21(26)16-20-7-8-22(29-20)30(27,28)25-9-2-3-10-25/h4-8,15H,2-3,9-14,16-17H2,1H3. The molecule has 1 aromatic carbocycles. The average Bonchev–Trinajstić information content (AvgIpc) is 3.41. The number of amides is 1. The molecule has 4 rings (SSSR count). The van der Waals surface area contributed by atoms with Crippen LogP contribution in [0.4, 0.5) is 0 Å². The van der Waals surface area contributed by atoms with Crippen LogP contribution in [0.1, 0.15) is 28.8 Å². The number of carbonyl (C=O) groups is 1. The number of carbonyl (C=O) groups excluding carboxylic acids is 1. The van der Waals surface area contributed by atoms with E-state index in [4.69, 9.17) is 0 Å². The molecule has 2 aliphatic rings. The molecule has 0 aliphatic carbocycles. The number of benzene rings is 1. The predicted octanol–water partition coefficient (Wildman–Crippen LogP) is 2.73. The Kier molecular flexibility index (Phi) is 6.57. The lowest BCUT2D eigenvalue weighted by Crippen LogP contribution is -2.48. The van der Waals surface area contributed by atoms with Crippen LogP contribution in [0.5, 0.6) is 0 Å². The SMILES string of the molecule is Cc1cccc(CN2CCN(C(=O)Cc3ccc(S(=O)(=O)N4CCCC4)s3)CC2)c1. The fourth-order valence-corrected chi connectivity index (χ4v) is 7.15. The molecule has 30 heavy (non-hydrogen) atoms. The maximum atomic E-state index is 12.7. The highest BCUT2D eigenvalue weighted by Gasteiger charge is 2.29.